The third-order valence-electron chi connectivity index (χ3n) is 5.03. The lowest BCUT2D eigenvalue weighted by Gasteiger charge is -2.09. The number of fused-ring (bicyclic) bond motifs is 4. The molecule has 0 amide bonds. The van der Waals surface area contributed by atoms with Crippen LogP contribution in [0.5, 0.6) is 0 Å². The van der Waals surface area contributed by atoms with E-state index in [0.717, 1.165) is 10.8 Å². The minimum atomic E-state index is -0.992. The molecule has 1 aliphatic carbocycles. The van der Waals surface area contributed by atoms with E-state index in [2.05, 4.69) is 4.98 Å². The van der Waals surface area contributed by atoms with Gasteiger partial charge in [-0.15, -0.1) is 0 Å². The fraction of sp³-hybridized carbons (Fsp3) is 0.0455. The van der Waals surface area contributed by atoms with E-state index >= 15 is 0 Å². The minimum absolute atomic E-state index is 0.198. The van der Waals surface area contributed by atoms with Gasteiger partial charge in [0.05, 0.1) is 0 Å². The fourth-order valence-electron chi connectivity index (χ4n) is 3.82. The molecule has 4 nitrogen and oxygen atoms in total. The van der Waals surface area contributed by atoms with E-state index < -0.39 is 5.92 Å². The maximum absolute atomic E-state index is 13.1. The van der Waals surface area contributed by atoms with Crippen molar-refractivity contribution >= 4 is 33.2 Å². The van der Waals surface area contributed by atoms with Crippen LogP contribution >= 0.6 is 0 Å². The second-order valence-electron chi connectivity index (χ2n) is 6.51. The molecule has 0 radical (unpaired) electrons. The van der Waals surface area contributed by atoms with Crippen LogP contribution < -0.4 is 5.43 Å². The standard InChI is InChI=1S/C22H13NO3/c24-18-11-17(23-16-8-4-3-7-14(16)18)20-21(25)15-10-9-12-5-1-2-6-13(12)19(15)22(20)26/h1-11,20H,(H,23,24)/t20-/m1/s1. The van der Waals surface area contributed by atoms with Crippen molar-refractivity contribution < 1.29 is 9.59 Å². The highest BCUT2D eigenvalue weighted by Crippen LogP contribution is 2.37. The molecule has 0 fully saturated rings. The first-order chi connectivity index (χ1) is 12.6. The summed E-state index contributed by atoms with van der Waals surface area (Å²) in [5, 5.41) is 2.23. The molecule has 26 heavy (non-hydrogen) atoms. The minimum Gasteiger partial charge on any atom is -0.357 e. The molecule has 0 saturated carbocycles. The summed E-state index contributed by atoms with van der Waals surface area (Å²) in [5.74, 6) is -1.51. The highest BCUT2D eigenvalue weighted by Gasteiger charge is 2.41. The SMILES string of the molecule is O=C1c2ccc3ccccc3c2C(=O)[C@@H]1c1cc(=O)c2ccccc2[nH]1. The molecule has 1 atom stereocenters. The van der Waals surface area contributed by atoms with E-state index in [9.17, 15) is 14.4 Å². The predicted molar refractivity (Wildman–Crippen MR) is 99.9 cm³/mol. The number of benzene rings is 3. The largest absolute Gasteiger partial charge is 0.357 e. The van der Waals surface area contributed by atoms with Gasteiger partial charge in [0.2, 0.25) is 0 Å². The summed E-state index contributed by atoms with van der Waals surface area (Å²) in [6.45, 7) is 0. The normalized spacial score (nSPS) is 16.4. The first-order valence-electron chi connectivity index (χ1n) is 8.37. The summed E-state index contributed by atoms with van der Waals surface area (Å²) in [6, 6.07) is 19.5. The van der Waals surface area contributed by atoms with E-state index in [1.807, 2.05) is 36.4 Å². The molecule has 4 aromatic rings. The number of H-pyrrole nitrogens is 1. The van der Waals surface area contributed by atoms with Crippen molar-refractivity contribution in [3.63, 3.8) is 0 Å². The molecule has 1 heterocycles. The van der Waals surface area contributed by atoms with Gasteiger partial charge in [-0.2, -0.15) is 0 Å². The molecular formula is C22H13NO3. The van der Waals surface area contributed by atoms with Crippen molar-refractivity contribution in [2.75, 3.05) is 0 Å². The summed E-state index contributed by atoms with van der Waals surface area (Å²) in [7, 11) is 0. The second kappa shape index (κ2) is 5.23. The molecule has 4 heteroatoms. The number of hydrogen-bond donors (Lipinski definition) is 1. The molecule has 3 aromatic carbocycles. The van der Waals surface area contributed by atoms with Crippen molar-refractivity contribution in [1.29, 1.82) is 0 Å². The van der Waals surface area contributed by atoms with Crippen LogP contribution in [0.1, 0.15) is 32.3 Å². The molecule has 0 unspecified atom stereocenters. The third-order valence-corrected chi connectivity index (χ3v) is 5.03. The number of rotatable bonds is 1. The smallest absolute Gasteiger partial charge is 0.189 e. The number of Topliss-reactive ketones (excluding diaryl/α,β-unsaturated/α-hetero) is 2. The van der Waals surface area contributed by atoms with Gasteiger partial charge in [-0.25, -0.2) is 0 Å². The van der Waals surface area contributed by atoms with E-state index in [-0.39, 0.29) is 17.0 Å². The zero-order valence-corrected chi connectivity index (χ0v) is 13.7. The predicted octanol–water partition coefficient (Wildman–Crippen LogP) is 3.84. The molecule has 1 aliphatic rings. The summed E-state index contributed by atoms with van der Waals surface area (Å²) >= 11 is 0. The maximum atomic E-state index is 13.1. The highest BCUT2D eigenvalue weighted by molar-refractivity contribution is 6.33. The lowest BCUT2D eigenvalue weighted by atomic mass is 9.97. The Morgan fingerprint density at radius 1 is 0.731 bits per heavy atom. The van der Waals surface area contributed by atoms with Crippen molar-refractivity contribution in [2.24, 2.45) is 0 Å². The van der Waals surface area contributed by atoms with Gasteiger partial charge in [0.15, 0.2) is 17.0 Å². The van der Waals surface area contributed by atoms with Crippen LogP contribution in [-0.4, -0.2) is 16.6 Å². The number of pyridine rings is 1. The number of nitrogens with one attached hydrogen (secondary N) is 1. The lowest BCUT2D eigenvalue weighted by Crippen LogP contribution is -2.17. The van der Waals surface area contributed by atoms with E-state index in [1.54, 1.807) is 24.3 Å². The monoisotopic (exact) mass is 339 g/mol. The second-order valence-corrected chi connectivity index (χ2v) is 6.51. The third kappa shape index (κ3) is 1.93. The Morgan fingerprint density at radius 2 is 1.46 bits per heavy atom. The van der Waals surface area contributed by atoms with Gasteiger partial charge in [0, 0.05) is 33.8 Å². The molecule has 0 bridgehead atoms. The van der Waals surface area contributed by atoms with E-state index in [4.69, 9.17) is 0 Å². The molecule has 1 aromatic heterocycles. The summed E-state index contributed by atoms with van der Waals surface area (Å²) in [4.78, 5) is 41.6. The van der Waals surface area contributed by atoms with Gasteiger partial charge in [-0.05, 0) is 29.0 Å². The number of para-hydroxylation sites is 1. The Balaban J connectivity index is 1.74. The highest BCUT2D eigenvalue weighted by atomic mass is 16.2. The lowest BCUT2D eigenvalue weighted by molar-refractivity contribution is 0.0888. The summed E-state index contributed by atoms with van der Waals surface area (Å²) < 4.78 is 0. The molecule has 1 N–H and O–H groups in total. The van der Waals surface area contributed by atoms with E-state index in [0.29, 0.717) is 27.7 Å². The van der Waals surface area contributed by atoms with E-state index in [1.165, 1.54) is 6.07 Å². The van der Waals surface area contributed by atoms with Crippen LogP contribution in [-0.2, 0) is 0 Å². The van der Waals surface area contributed by atoms with Crippen molar-refractivity contribution in [3.8, 4) is 0 Å². The number of ketones is 2. The average Bonchev–Trinajstić information content (AvgIpc) is 2.92. The molecule has 0 spiro atoms. The number of hydrogen-bond acceptors (Lipinski definition) is 3. The number of carbonyl (C=O) groups is 2. The van der Waals surface area contributed by atoms with Crippen molar-refractivity contribution in [1.82, 2.24) is 4.98 Å². The first-order valence-corrected chi connectivity index (χ1v) is 8.37. The van der Waals surface area contributed by atoms with Gasteiger partial charge in [0.25, 0.3) is 0 Å². The van der Waals surface area contributed by atoms with Crippen LogP contribution in [0.2, 0.25) is 0 Å². The average molecular weight is 339 g/mol. The molecule has 0 saturated heterocycles. The summed E-state index contributed by atoms with van der Waals surface area (Å²) in [5.41, 5.74) is 1.65. The van der Waals surface area contributed by atoms with Crippen LogP contribution in [0.4, 0.5) is 0 Å². The van der Waals surface area contributed by atoms with Gasteiger partial charge in [-0.1, -0.05) is 42.5 Å². The van der Waals surface area contributed by atoms with Gasteiger partial charge in [-0.3, -0.25) is 14.4 Å². The quantitative estimate of drug-likeness (QED) is 0.536. The van der Waals surface area contributed by atoms with Gasteiger partial charge >= 0.3 is 0 Å². The number of aromatic amines is 1. The maximum Gasteiger partial charge on any atom is 0.189 e. The Labute approximate surface area is 148 Å². The van der Waals surface area contributed by atoms with Crippen LogP contribution in [0.15, 0.2) is 71.5 Å². The van der Waals surface area contributed by atoms with Crippen LogP contribution in [0.3, 0.4) is 0 Å². The number of aromatic nitrogens is 1. The molecule has 0 aliphatic heterocycles. The van der Waals surface area contributed by atoms with Crippen LogP contribution in [0.25, 0.3) is 21.7 Å². The van der Waals surface area contributed by atoms with Gasteiger partial charge in [0.1, 0.15) is 5.92 Å². The Bertz CT molecular complexity index is 1300. The Morgan fingerprint density at radius 3 is 2.31 bits per heavy atom. The Hall–Kier alpha value is -3.53. The first kappa shape index (κ1) is 14.8. The zero-order valence-electron chi connectivity index (χ0n) is 13.7. The zero-order chi connectivity index (χ0) is 17.8. The van der Waals surface area contributed by atoms with Crippen molar-refractivity contribution in [2.45, 2.75) is 5.92 Å². The van der Waals surface area contributed by atoms with Crippen molar-refractivity contribution in [3.05, 3.63) is 93.8 Å². The molecule has 124 valence electrons. The molecular weight excluding hydrogens is 326 g/mol. The molecule has 5 rings (SSSR count). The Kier molecular flexibility index (Phi) is 2.97. The fourth-order valence-corrected chi connectivity index (χ4v) is 3.82. The van der Waals surface area contributed by atoms with Crippen LogP contribution in [0, 0.1) is 0 Å². The summed E-state index contributed by atoms with van der Waals surface area (Å²) in [6.07, 6.45) is 0. The topological polar surface area (TPSA) is 67.0 Å². The van der Waals surface area contributed by atoms with Gasteiger partial charge < -0.3 is 4.98 Å². The number of carbonyl (C=O) groups excluding carboxylic acids is 2.